The van der Waals surface area contributed by atoms with Crippen LogP contribution < -0.4 is 33.2 Å². The van der Waals surface area contributed by atoms with Gasteiger partial charge in [0.25, 0.3) is 0 Å². The van der Waals surface area contributed by atoms with E-state index in [9.17, 15) is 29.4 Å². The van der Waals surface area contributed by atoms with Crippen molar-refractivity contribution in [3.8, 4) is 11.1 Å². The number of carbonyl (C=O) groups is 4. The zero-order chi connectivity index (χ0) is 21.2. The molecule has 146 valence electrons. The van der Waals surface area contributed by atoms with E-state index < -0.39 is 24.0 Å². The van der Waals surface area contributed by atoms with Crippen LogP contribution in [-0.2, 0) is 0 Å². The van der Waals surface area contributed by atoms with Gasteiger partial charge in [0.1, 0.15) is 0 Å². The number of anilines is 2. The van der Waals surface area contributed by atoms with Gasteiger partial charge in [-0.25, -0.2) is 40.9 Å². The maximum atomic E-state index is 11.5. The summed E-state index contributed by atoms with van der Waals surface area (Å²) in [5.41, 5.74) is 9.74. The molecule has 2 aromatic carbocycles. The highest BCUT2D eigenvalue weighted by atomic mass is 16.4. The Kier molecular flexibility index (Phi) is 5.48. The van der Waals surface area contributed by atoms with Crippen molar-refractivity contribution in [3.63, 3.8) is 0 Å². The van der Waals surface area contributed by atoms with Gasteiger partial charge in [-0.05, 0) is 35.4 Å². The molecule has 0 aromatic heterocycles. The van der Waals surface area contributed by atoms with Crippen LogP contribution in [0.3, 0.4) is 0 Å². The predicted molar refractivity (Wildman–Crippen MR) is 98.3 cm³/mol. The van der Waals surface area contributed by atoms with Crippen LogP contribution in [0.15, 0.2) is 36.4 Å². The van der Waals surface area contributed by atoms with E-state index in [2.05, 4.69) is 0 Å². The van der Waals surface area contributed by atoms with Crippen LogP contribution in [0, 0.1) is 0 Å². The molecule has 0 fully saturated rings. The molecule has 0 bridgehead atoms. The highest BCUT2D eigenvalue weighted by Gasteiger charge is 2.21. The Labute approximate surface area is 157 Å². The number of urea groups is 2. The van der Waals surface area contributed by atoms with Crippen molar-refractivity contribution >= 4 is 35.4 Å². The van der Waals surface area contributed by atoms with E-state index in [0.29, 0.717) is 21.1 Å². The van der Waals surface area contributed by atoms with Gasteiger partial charge in [-0.3, -0.25) is 0 Å². The first kappa shape index (κ1) is 20.2. The summed E-state index contributed by atoms with van der Waals surface area (Å²) >= 11 is 0. The molecule has 0 unspecified atom stereocenters. The molecule has 28 heavy (non-hydrogen) atoms. The third kappa shape index (κ3) is 3.82. The maximum absolute atomic E-state index is 11.5. The molecule has 12 nitrogen and oxygen atoms in total. The Hall–Kier alpha value is -4.16. The number of aromatic carboxylic acids is 2. The van der Waals surface area contributed by atoms with Crippen LogP contribution in [0.4, 0.5) is 21.0 Å². The SMILES string of the molecule is NC(=O)N(N)c1ccc(-c2ccc(N(N)C(N)=O)c(C(=O)O)c2)cc1C(=O)O. The number of amides is 4. The van der Waals surface area contributed by atoms with Crippen LogP contribution in [-0.4, -0.2) is 34.2 Å². The number of hydrogen-bond donors (Lipinski definition) is 6. The first-order valence-electron chi connectivity index (χ1n) is 7.48. The summed E-state index contributed by atoms with van der Waals surface area (Å²) < 4.78 is 0. The predicted octanol–water partition coefficient (Wildman–Crippen LogP) is 0.268. The van der Waals surface area contributed by atoms with E-state index >= 15 is 0 Å². The summed E-state index contributed by atoms with van der Waals surface area (Å²) in [7, 11) is 0. The van der Waals surface area contributed by atoms with E-state index in [-0.39, 0.29) is 22.5 Å². The van der Waals surface area contributed by atoms with Crippen LogP contribution in [0.1, 0.15) is 20.7 Å². The molecule has 2 aromatic rings. The third-order valence-corrected chi connectivity index (χ3v) is 3.78. The number of benzene rings is 2. The van der Waals surface area contributed by atoms with Crippen molar-refractivity contribution in [2.75, 3.05) is 10.0 Å². The van der Waals surface area contributed by atoms with E-state index in [4.69, 9.17) is 23.2 Å². The number of nitrogens with two attached hydrogens (primary N) is 4. The first-order chi connectivity index (χ1) is 13.0. The Balaban J connectivity index is 2.62. The van der Waals surface area contributed by atoms with Crippen molar-refractivity contribution in [2.45, 2.75) is 0 Å². The second-order valence-corrected chi connectivity index (χ2v) is 5.49. The average molecular weight is 388 g/mol. The standard InChI is InChI=1S/C16H16N6O6/c17-15(27)21(19)11-3-1-7(5-9(11)13(23)24)8-2-4-12(22(20)16(18)28)10(6-8)14(25)26/h1-6H,19-20H2,(H2,17,27)(H2,18,28)(H,23,24)(H,25,26). The zero-order valence-corrected chi connectivity index (χ0v) is 14.2. The van der Waals surface area contributed by atoms with Gasteiger partial charge in [0.2, 0.25) is 0 Å². The molecule has 0 atom stereocenters. The first-order valence-corrected chi connectivity index (χ1v) is 7.48. The molecule has 0 aliphatic heterocycles. The summed E-state index contributed by atoms with van der Waals surface area (Å²) in [5, 5.41) is 19.7. The van der Waals surface area contributed by atoms with Gasteiger partial charge < -0.3 is 21.7 Å². The molecule has 4 amide bonds. The molecule has 0 spiro atoms. The van der Waals surface area contributed by atoms with E-state index in [0.717, 1.165) is 0 Å². The number of carboxylic acids is 2. The molecule has 0 saturated carbocycles. The fraction of sp³-hybridized carbons (Fsp3) is 0. The summed E-state index contributed by atoms with van der Waals surface area (Å²) in [6, 6.07) is 5.57. The number of hydrazine groups is 2. The van der Waals surface area contributed by atoms with Crippen LogP contribution in [0.25, 0.3) is 11.1 Å². The molecular formula is C16H16N6O6. The summed E-state index contributed by atoms with van der Waals surface area (Å²) in [5.74, 6) is 8.16. The molecule has 0 aliphatic carbocycles. The Bertz CT molecular complexity index is 912. The molecule has 0 saturated heterocycles. The number of carbonyl (C=O) groups excluding carboxylic acids is 2. The lowest BCUT2D eigenvalue weighted by atomic mass is 9.98. The third-order valence-electron chi connectivity index (χ3n) is 3.78. The molecule has 12 heteroatoms. The van der Waals surface area contributed by atoms with Gasteiger partial charge >= 0.3 is 24.0 Å². The molecule has 0 heterocycles. The number of primary amides is 2. The minimum absolute atomic E-state index is 0.152. The van der Waals surface area contributed by atoms with Crippen LogP contribution in [0.2, 0.25) is 0 Å². The fourth-order valence-electron chi connectivity index (χ4n) is 2.43. The second-order valence-electron chi connectivity index (χ2n) is 5.49. The van der Waals surface area contributed by atoms with Crippen molar-refractivity contribution in [1.82, 2.24) is 0 Å². The molecule has 10 N–H and O–H groups in total. The maximum Gasteiger partial charge on any atom is 0.337 e. The molecular weight excluding hydrogens is 372 g/mol. The Morgan fingerprint density at radius 3 is 1.25 bits per heavy atom. The Morgan fingerprint density at radius 1 is 0.679 bits per heavy atom. The topological polar surface area (TPSA) is 219 Å². The summed E-state index contributed by atoms with van der Waals surface area (Å²) in [4.78, 5) is 45.5. The largest absolute Gasteiger partial charge is 0.478 e. The fourth-order valence-corrected chi connectivity index (χ4v) is 2.43. The minimum Gasteiger partial charge on any atom is -0.478 e. The monoisotopic (exact) mass is 388 g/mol. The quantitative estimate of drug-likeness (QED) is 0.236. The van der Waals surface area contributed by atoms with Gasteiger partial charge in [-0.1, -0.05) is 12.1 Å². The van der Waals surface area contributed by atoms with Gasteiger partial charge in [0, 0.05) is 0 Å². The molecule has 0 aliphatic rings. The van der Waals surface area contributed by atoms with Gasteiger partial charge in [-0.15, -0.1) is 0 Å². The lowest BCUT2D eigenvalue weighted by molar-refractivity contribution is 0.0686. The molecule has 0 radical (unpaired) electrons. The van der Waals surface area contributed by atoms with Crippen LogP contribution >= 0.6 is 0 Å². The van der Waals surface area contributed by atoms with E-state index in [1.165, 1.54) is 36.4 Å². The zero-order valence-electron chi connectivity index (χ0n) is 14.2. The van der Waals surface area contributed by atoms with Gasteiger partial charge in [0.15, 0.2) is 0 Å². The van der Waals surface area contributed by atoms with E-state index in [1.54, 1.807) is 0 Å². The van der Waals surface area contributed by atoms with Crippen molar-refractivity contribution in [2.24, 2.45) is 23.2 Å². The Morgan fingerprint density at radius 2 is 1.00 bits per heavy atom. The highest BCUT2D eigenvalue weighted by Crippen LogP contribution is 2.30. The van der Waals surface area contributed by atoms with E-state index in [1.807, 2.05) is 0 Å². The smallest absolute Gasteiger partial charge is 0.337 e. The van der Waals surface area contributed by atoms with Crippen LogP contribution in [0.5, 0.6) is 0 Å². The lowest BCUT2D eigenvalue weighted by Crippen LogP contribution is -2.42. The minimum atomic E-state index is -1.38. The van der Waals surface area contributed by atoms with Crippen molar-refractivity contribution in [3.05, 3.63) is 47.5 Å². The van der Waals surface area contributed by atoms with Crippen molar-refractivity contribution in [1.29, 1.82) is 0 Å². The summed E-state index contributed by atoms with van der Waals surface area (Å²) in [6.45, 7) is 0. The number of nitrogens with zero attached hydrogens (tertiary/aromatic N) is 2. The second kappa shape index (κ2) is 7.61. The number of hydrogen-bond acceptors (Lipinski definition) is 6. The summed E-state index contributed by atoms with van der Waals surface area (Å²) in [6.07, 6.45) is 0. The highest BCUT2D eigenvalue weighted by molar-refractivity contribution is 6.03. The van der Waals surface area contributed by atoms with Gasteiger partial charge in [-0.2, -0.15) is 0 Å². The van der Waals surface area contributed by atoms with Gasteiger partial charge in [0.05, 0.1) is 22.5 Å². The molecule has 2 rings (SSSR count). The lowest BCUT2D eigenvalue weighted by Gasteiger charge is -2.18. The number of rotatable bonds is 5. The van der Waals surface area contributed by atoms with Crippen molar-refractivity contribution < 1.29 is 29.4 Å². The normalized spacial score (nSPS) is 10.2. The number of carboxylic acid groups (broad SMARTS) is 2. The average Bonchev–Trinajstić information content (AvgIpc) is 2.65.